The number of nitrogens with zero attached hydrogens (tertiary/aromatic N) is 1. The Morgan fingerprint density at radius 3 is 1.93 bits per heavy atom. The van der Waals surface area contributed by atoms with Crippen molar-refractivity contribution in [2.45, 2.75) is 52.6 Å². The molecule has 0 aliphatic carbocycles. The van der Waals surface area contributed by atoms with Gasteiger partial charge in [0.05, 0.1) is 21.2 Å². The third kappa shape index (κ3) is 2.34. The minimum absolute atomic E-state index is 0.0000926. The zero-order valence-electron chi connectivity index (χ0n) is 9.80. The molecule has 0 saturated carbocycles. The van der Waals surface area contributed by atoms with Gasteiger partial charge in [0.1, 0.15) is 0 Å². The summed E-state index contributed by atoms with van der Waals surface area (Å²) >= 11 is 1.59. The molecule has 0 amide bonds. The van der Waals surface area contributed by atoms with Crippen LogP contribution in [0.2, 0.25) is 0 Å². The van der Waals surface area contributed by atoms with Gasteiger partial charge >= 0.3 is 0 Å². The van der Waals surface area contributed by atoms with Crippen molar-refractivity contribution < 1.29 is 5.11 Å². The van der Waals surface area contributed by atoms with E-state index in [0.29, 0.717) is 0 Å². The van der Waals surface area contributed by atoms with Crippen molar-refractivity contribution in [2.75, 3.05) is 0 Å². The first-order chi connectivity index (χ1) is 6.12. The van der Waals surface area contributed by atoms with E-state index in [2.05, 4.69) is 25.8 Å². The van der Waals surface area contributed by atoms with Crippen LogP contribution in [0.4, 0.5) is 0 Å². The van der Waals surface area contributed by atoms with E-state index in [1.165, 1.54) is 0 Å². The highest BCUT2D eigenvalue weighted by Crippen LogP contribution is 2.36. The van der Waals surface area contributed by atoms with Crippen molar-refractivity contribution in [3.63, 3.8) is 0 Å². The summed E-state index contributed by atoms with van der Waals surface area (Å²) in [6.45, 7) is 12.0. The van der Waals surface area contributed by atoms with Gasteiger partial charge in [-0.05, 0) is 20.8 Å². The first-order valence-electron chi connectivity index (χ1n) is 4.83. The first kappa shape index (κ1) is 11.7. The molecular formula is C11H19NOS. The number of thiazole rings is 1. The molecule has 1 N–H and O–H groups in total. The van der Waals surface area contributed by atoms with Crippen LogP contribution in [0.5, 0.6) is 0 Å². The predicted octanol–water partition coefficient (Wildman–Crippen LogP) is 2.98. The molecule has 0 aliphatic heterocycles. The van der Waals surface area contributed by atoms with E-state index in [9.17, 15) is 5.11 Å². The van der Waals surface area contributed by atoms with Gasteiger partial charge < -0.3 is 5.11 Å². The summed E-state index contributed by atoms with van der Waals surface area (Å²) in [5, 5.41) is 11.0. The molecule has 14 heavy (non-hydrogen) atoms. The van der Waals surface area contributed by atoms with Crippen LogP contribution in [0, 0.1) is 6.92 Å². The highest BCUT2D eigenvalue weighted by Gasteiger charge is 2.30. The van der Waals surface area contributed by atoms with Gasteiger partial charge in [-0.15, -0.1) is 11.3 Å². The number of hydrogen-bond acceptors (Lipinski definition) is 3. The molecule has 0 fully saturated rings. The quantitative estimate of drug-likeness (QED) is 0.778. The normalized spacial score (nSPS) is 13.4. The van der Waals surface area contributed by atoms with Gasteiger partial charge in [0.15, 0.2) is 0 Å². The predicted molar refractivity (Wildman–Crippen MR) is 60.8 cm³/mol. The Hall–Kier alpha value is -0.410. The highest BCUT2D eigenvalue weighted by atomic mass is 32.1. The van der Waals surface area contributed by atoms with Crippen LogP contribution in [0.25, 0.3) is 0 Å². The maximum absolute atomic E-state index is 10.0. The smallest absolute Gasteiger partial charge is 0.0951 e. The summed E-state index contributed by atoms with van der Waals surface area (Å²) in [6, 6.07) is 0. The number of hydrogen-bond donors (Lipinski definition) is 1. The largest absolute Gasteiger partial charge is 0.385 e. The molecule has 1 aromatic rings. The van der Waals surface area contributed by atoms with Crippen molar-refractivity contribution in [1.29, 1.82) is 0 Å². The first-order valence-corrected chi connectivity index (χ1v) is 5.65. The lowest BCUT2D eigenvalue weighted by molar-refractivity contribution is 0.0803. The lowest BCUT2D eigenvalue weighted by atomic mass is 9.88. The summed E-state index contributed by atoms with van der Waals surface area (Å²) in [5.74, 6) is 0. The van der Waals surface area contributed by atoms with E-state index in [1.54, 1.807) is 11.3 Å². The number of aryl methyl sites for hydroxylation is 1. The van der Waals surface area contributed by atoms with E-state index in [-0.39, 0.29) is 5.41 Å². The van der Waals surface area contributed by atoms with Crippen molar-refractivity contribution >= 4 is 11.3 Å². The van der Waals surface area contributed by atoms with E-state index in [1.807, 2.05) is 20.8 Å². The fraction of sp³-hybridized carbons (Fsp3) is 0.727. The molecular weight excluding hydrogens is 194 g/mol. The van der Waals surface area contributed by atoms with Crippen LogP contribution in [-0.4, -0.2) is 10.1 Å². The van der Waals surface area contributed by atoms with Gasteiger partial charge in [-0.3, -0.25) is 0 Å². The minimum atomic E-state index is -0.783. The molecule has 0 spiro atoms. The second kappa shape index (κ2) is 3.31. The monoisotopic (exact) mass is 213 g/mol. The molecule has 1 rings (SSSR count). The highest BCUT2D eigenvalue weighted by molar-refractivity contribution is 7.11. The Morgan fingerprint density at radius 2 is 1.64 bits per heavy atom. The molecule has 1 aromatic heterocycles. The number of aromatic nitrogens is 1. The summed E-state index contributed by atoms with van der Waals surface area (Å²) in [6.07, 6.45) is 0. The molecule has 0 atom stereocenters. The van der Waals surface area contributed by atoms with Gasteiger partial charge in [0.2, 0.25) is 0 Å². The van der Waals surface area contributed by atoms with Crippen LogP contribution in [0.3, 0.4) is 0 Å². The second-order valence-electron chi connectivity index (χ2n) is 5.22. The Morgan fingerprint density at radius 1 is 1.14 bits per heavy atom. The summed E-state index contributed by atoms with van der Waals surface area (Å²) in [5.41, 5.74) is 0.238. The fourth-order valence-electron chi connectivity index (χ4n) is 1.35. The Labute approximate surface area is 90.0 Å². The van der Waals surface area contributed by atoms with E-state index in [0.717, 1.165) is 15.6 Å². The van der Waals surface area contributed by atoms with Crippen LogP contribution in [0.15, 0.2) is 0 Å². The van der Waals surface area contributed by atoms with E-state index < -0.39 is 5.60 Å². The average Bonchev–Trinajstić information content (AvgIpc) is 2.27. The zero-order valence-corrected chi connectivity index (χ0v) is 10.6. The lowest BCUT2D eigenvalue weighted by Gasteiger charge is -2.23. The zero-order chi connectivity index (χ0) is 11.1. The van der Waals surface area contributed by atoms with Crippen LogP contribution >= 0.6 is 11.3 Å². The Balaban J connectivity index is 3.31. The Bertz CT molecular complexity index is 297. The lowest BCUT2D eigenvalue weighted by Crippen LogP contribution is -2.22. The molecule has 3 heteroatoms. The minimum Gasteiger partial charge on any atom is -0.385 e. The van der Waals surface area contributed by atoms with Gasteiger partial charge in [0.25, 0.3) is 0 Å². The van der Waals surface area contributed by atoms with Crippen LogP contribution in [0.1, 0.15) is 50.2 Å². The summed E-state index contributed by atoms with van der Waals surface area (Å²) in [4.78, 5) is 5.50. The van der Waals surface area contributed by atoms with Crippen molar-refractivity contribution in [3.8, 4) is 0 Å². The molecule has 0 aromatic carbocycles. The van der Waals surface area contributed by atoms with E-state index in [4.69, 9.17) is 0 Å². The third-order valence-electron chi connectivity index (χ3n) is 2.00. The molecule has 0 bridgehead atoms. The van der Waals surface area contributed by atoms with Gasteiger partial charge in [-0.1, -0.05) is 20.8 Å². The average molecular weight is 213 g/mol. The maximum atomic E-state index is 10.0. The summed E-state index contributed by atoms with van der Waals surface area (Å²) < 4.78 is 0. The van der Waals surface area contributed by atoms with Crippen molar-refractivity contribution in [2.24, 2.45) is 0 Å². The fourth-order valence-corrected chi connectivity index (χ4v) is 2.48. The van der Waals surface area contributed by atoms with Crippen LogP contribution < -0.4 is 0 Å². The summed E-state index contributed by atoms with van der Waals surface area (Å²) in [7, 11) is 0. The topological polar surface area (TPSA) is 33.1 Å². The second-order valence-corrected chi connectivity index (χ2v) is 6.42. The van der Waals surface area contributed by atoms with Gasteiger partial charge in [-0.2, -0.15) is 0 Å². The van der Waals surface area contributed by atoms with Crippen molar-refractivity contribution in [3.05, 3.63) is 15.6 Å². The number of rotatable bonds is 1. The molecule has 0 radical (unpaired) electrons. The molecule has 2 nitrogen and oxygen atoms in total. The molecule has 80 valence electrons. The van der Waals surface area contributed by atoms with Crippen LogP contribution in [-0.2, 0) is 11.0 Å². The standard InChI is InChI=1S/C11H19NOS/c1-7-12-8(10(2,3)4)9(14-7)11(5,6)13/h13H,1-6H3. The molecule has 1 heterocycles. The number of aliphatic hydroxyl groups is 1. The molecule has 0 aliphatic rings. The van der Waals surface area contributed by atoms with Gasteiger partial charge in [-0.25, -0.2) is 4.98 Å². The van der Waals surface area contributed by atoms with E-state index >= 15 is 0 Å². The third-order valence-corrected chi connectivity index (χ3v) is 3.28. The molecule has 0 saturated heterocycles. The van der Waals surface area contributed by atoms with Gasteiger partial charge in [0, 0.05) is 5.41 Å². The SMILES string of the molecule is Cc1nc(C(C)(C)C)c(C(C)(C)O)s1. The Kier molecular flexibility index (Phi) is 2.76. The molecule has 0 unspecified atom stereocenters. The van der Waals surface area contributed by atoms with Crippen molar-refractivity contribution in [1.82, 2.24) is 4.98 Å². The maximum Gasteiger partial charge on any atom is 0.0951 e.